The highest BCUT2D eigenvalue weighted by Gasteiger charge is 2.34. The van der Waals surface area contributed by atoms with Crippen LogP contribution in [0.5, 0.6) is 5.88 Å². The first-order chi connectivity index (χ1) is 11.4. The third-order valence-electron chi connectivity index (χ3n) is 4.30. The van der Waals surface area contributed by atoms with Crippen LogP contribution in [0, 0.1) is 0 Å². The third-order valence-corrected chi connectivity index (χ3v) is 5.65. The van der Waals surface area contributed by atoms with Crippen molar-refractivity contribution in [3.05, 3.63) is 23.9 Å². The van der Waals surface area contributed by atoms with E-state index < -0.39 is 11.7 Å². The Morgan fingerprint density at radius 1 is 1.29 bits per heavy atom. The number of ether oxygens (including phenoxy) is 1. The summed E-state index contributed by atoms with van der Waals surface area (Å²) < 4.78 is 42.9. The Labute approximate surface area is 142 Å². The van der Waals surface area contributed by atoms with Gasteiger partial charge in [-0.3, -0.25) is 4.79 Å². The maximum atomic E-state index is 12.5. The molecule has 4 nitrogen and oxygen atoms in total. The number of pyridine rings is 1. The van der Waals surface area contributed by atoms with Gasteiger partial charge in [0.15, 0.2) is 0 Å². The van der Waals surface area contributed by atoms with Crippen molar-refractivity contribution in [2.75, 3.05) is 18.8 Å². The summed E-state index contributed by atoms with van der Waals surface area (Å²) in [5.74, 6) is 0.753. The molecule has 1 aromatic heterocycles. The second kappa shape index (κ2) is 7.21. The zero-order valence-corrected chi connectivity index (χ0v) is 13.9. The van der Waals surface area contributed by atoms with Gasteiger partial charge in [-0.15, -0.1) is 11.8 Å². The molecule has 0 atom stereocenters. The number of halogens is 3. The van der Waals surface area contributed by atoms with Crippen molar-refractivity contribution in [2.45, 2.75) is 43.2 Å². The predicted octanol–water partition coefficient (Wildman–Crippen LogP) is 3.37. The van der Waals surface area contributed by atoms with Gasteiger partial charge in [0.1, 0.15) is 6.10 Å². The molecule has 2 fully saturated rings. The van der Waals surface area contributed by atoms with E-state index in [1.54, 1.807) is 16.7 Å². The van der Waals surface area contributed by atoms with Gasteiger partial charge in [0.2, 0.25) is 11.8 Å². The SMILES string of the molecule is O=C(CSC1CCCC1)N1CC(Oc2ccc(C(F)(F)F)cn2)C1. The molecule has 1 aromatic rings. The van der Waals surface area contributed by atoms with E-state index in [0.717, 1.165) is 12.3 Å². The highest BCUT2D eigenvalue weighted by Crippen LogP contribution is 2.31. The lowest BCUT2D eigenvalue weighted by Crippen LogP contribution is -2.56. The molecule has 0 aromatic carbocycles. The second-order valence-corrected chi connectivity index (χ2v) is 7.43. The molecule has 0 radical (unpaired) electrons. The van der Waals surface area contributed by atoms with E-state index in [4.69, 9.17) is 4.74 Å². The number of alkyl halides is 3. The summed E-state index contributed by atoms with van der Waals surface area (Å²) in [6, 6.07) is 2.16. The van der Waals surface area contributed by atoms with Crippen LogP contribution in [-0.2, 0) is 11.0 Å². The van der Waals surface area contributed by atoms with Crippen molar-refractivity contribution >= 4 is 17.7 Å². The van der Waals surface area contributed by atoms with Crippen LogP contribution in [-0.4, -0.2) is 46.0 Å². The minimum absolute atomic E-state index is 0.104. The largest absolute Gasteiger partial charge is 0.471 e. The van der Waals surface area contributed by atoms with Crippen molar-refractivity contribution in [3.8, 4) is 5.88 Å². The Morgan fingerprint density at radius 3 is 2.58 bits per heavy atom. The standard InChI is InChI=1S/C16H19F3N2O2S/c17-16(18,19)11-5-6-14(20-7-11)23-12-8-21(9-12)15(22)10-24-13-3-1-2-4-13/h5-7,12-13H,1-4,8-10H2. The van der Waals surface area contributed by atoms with Crippen LogP contribution < -0.4 is 4.74 Å². The Hall–Kier alpha value is -1.44. The van der Waals surface area contributed by atoms with E-state index in [1.165, 1.54) is 31.7 Å². The van der Waals surface area contributed by atoms with E-state index in [0.29, 0.717) is 24.1 Å². The van der Waals surface area contributed by atoms with Crippen molar-refractivity contribution < 1.29 is 22.7 Å². The molecule has 0 unspecified atom stereocenters. The summed E-state index contributed by atoms with van der Waals surface area (Å²) in [7, 11) is 0. The molecule has 1 amide bonds. The zero-order chi connectivity index (χ0) is 17.2. The van der Waals surface area contributed by atoms with Crippen LogP contribution in [0.1, 0.15) is 31.2 Å². The lowest BCUT2D eigenvalue weighted by Gasteiger charge is -2.38. The number of hydrogen-bond donors (Lipinski definition) is 0. The topological polar surface area (TPSA) is 42.4 Å². The fourth-order valence-corrected chi connectivity index (χ4v) is 4.07. The first-order valence-electron chi connectivity index (χ1n) is 8.01. The fraction of sp³-hybridized carbons (Fsp3) is 0.625. The van der Waals surface area contributed by atoms with Gasteiger partial charge in [0, 0.05) is 17.5 Å². The maximum Gasteiger partial charge on any atom is 0.417 e. The van der Waals surface area contributed by atoms with Crippen LogP contribution in [0.4, 0.5) is 13.2 Å². The molecular formula is C16H19F3N2O2S. The number of nitrogens with zero attached hydrogens (tertiary/aromatic N) is 2. The number of carbonyl (C=O) groups is 1. The van der Waals surface area contributed by atoms with Crippen molar-refractivity contribution in [1.29, 1.82) is 0 Å². The number of rotatable bonds is 5. The Balaban J connectivity index is 1.39. The summed E-state index contributed by atoms with van der Waals surface area (Å²) >= 11 is 1.73. The molecule has 1 aliphatic heterocycles. The molecular weight excluding hydrogens is 341 g/mol. The third kappa shape index (κ3) is 4.34. The molecule has 2 heterocycles. The number of amides is 1. The highest BCUT2D eigenvalue weighted by molar-refractivity contribution is 8.00. The van der Waals surface area contributed by atoms with Crippen LogP contribution in [0.2, 0.25) is 0 Å². The summed E-state index contributed by atoms with van der Waals surface area (Å²) in [6.45, 7) is 0.930. The molecule has 1 saturated carbocycles. The van der Waals surface area contributed by atoms with Crippen LogP contribution in [0.15, 0.2) is 18.3 Å². The Morgan fingerprint density at radius 2 is 2.00 bits per heavy atom. The molecule has 132 valence electrons. The molecule has 2 aliphatic rings. The molecule has 0 spiro atoms. The van der Waals surface area contributed by atoms with Gasteiger partial charge in [-0.1, -0.05) is 12.8 Å². The smallest absolute Gasteiger partial charge is 0.417 e. The van der Waals surface area contributed by atoms with Gasteiger partial charge >= 0.3 is 6.18 Å². The van der Waals surface area contributed by atoms with Gasteiger partial charge < -0.3 is 9.64 Å². The average Bonchev–Trinajstić information content (AvgIpc) is 3.01. The molecule has 0 N–H and O–H groups in total. The van der Waals surface area contributed by atoms with Gasteiger partial charge in [0.05, 0.1) is 24.4 Å². The Bertz CT molecular complexity index is 568. The Kier molecular flexibility index (Phi) is 5.22. The van der Waals surface area contributed by atoms with E-state index in [9.17, 15) is 18.0 Å². The summed E-state index contributed by atoms with van der Waals surface area (Å²) in [6.07, 6.45) is 1.07. The summed E-state index contributed by atoms with van der Waals surface area (Å²) in [5, 5.41) is 0.610. The van der Waals surface area contributed by atoms with E-state index in [1.807, 2.05) is 0 Å². The van der Waals surface area contributed by atoms with Gasteiger partial charge in [0.25, 0.3) is 0 Å². The maximum absolute atomic E-state index is 12.5. The quantitative estimate of drug-likeness (QED) is 0.808. The van der Waals surface area contributed by atoms with Gasteiger partial charge in [-0.25, -0.2) is 4.98 Å². The van der Waals surface area contributed by atoms with Crippen molar-refractivity contribution in [1.82, 2.24) is 9.88 Å². The van der Waals surface area contributed by atoms with Crippen LogP contribution in [0.25, 0.3) is 0 Å². The van der Waals surface area contributed by atoms with Crippen molar-refractivity contribution in [3.63, 3.8) is 0 Å². The van der Waals surface area contributed by atoms with Gasteiger partial charge in [-0.05, 0) is 18.9 Å². The molecule has 1 saturated heterocycles. The average molecular weight is 360 g/mol. The molecule has 24 heavy (non-hydrogen) atoms. The molecule has 1 aliphatic carbocycles. The number of carbonyl (C=O) groups excluding carboxylic acids is 1. The van der Waals surface area contributed by atoms with Gasteiger partial charge in [-0.2, -0.15) is 13.2 Å². The highest BCUT2D eigenvalue weighted by atomic mass is 32.2. The number of likely N-dealkylation sites (tertiary alicyclic amines) is 1. The summed E-state index contributed by atoms with van der Waals surface area (Å²) in [4.78, 5) is 17.4. The number of aromatic nitrogens is 1. The minimum atomic E-state index is -4.40. The van der Waals surface area contributed by atoms with E-state index >= 15 is 0 Å². The summed E-state index contributed by atoms with van der Waals surface area (Å²) in [5.41, 5.74) is -0.802. The lowest BCUT2D eigenvalue weighted by atomic mass is 10.1. The first-order valence-corrected chi connectivity index (χ1v) is 9.06. The fourth-order valence-electron chi connectivity index (χ4n) is 2.84. The first kappa shape index (κ1) is 17.4. The monoisotopic (exact) mass is 360 g/mol. The number of hydrogen-bond acceptors (Lipinski definition) is 4. The minimum Gasteiger partial charge on any atom is -0.471 e. The van der Waals surface area contributed by atoms with Crippen molar-refractivity contribution in [2.24, 2.45) is 0 Å². The van der Waals surface area contributed by atoms with E-state index in [-0.39, 0.29) is 17.9 Å². The zero-order valence-electron chi connectivity index (χ0n) is 13.1. The van der Waals surface area contributed by atoms with E-state index in [2.05, 4.69) is 4.98 Å². The van der Waals surface area contributed by atoms with Crippen LogP contribution >= 0.6 is 11.8 Å². The molecule has 8 heteroatoms. The van der Waals surface area contributed by atoms with Crippen LogP contribution in [0.3, 0.4) is 0 Å². The number of thioether (sulfide) groups is 1. The molecule has 0 bridgehead atoms. The lowest BCUT2D eigenvalue weighted by molar-refractivity contribution is -0.138. The molecule has 3 rings (SSSR count). The normalized spacial score (nSPS) is 19.4. The predicted molar refractivity (Wildman–Crippen MR) is 84.9 cm³/mol. The second-order valence-electron chi connectivity index (χ2n) is 6.14.